The van der Waals surface area contributed by atoms with Crippen molar-refractivity contribution < 1.29 is 4.79 Å². The molecule has 0 saturated heterocycles. The lowest BCUT2D eigenvalue weighted by Gasteiger charge is -2.21. The Labute approximate surface area is 97.1 Å². The van der Waals surface area contributed by atoms with Crippen LogP contribution in [-0.2, 0) is 4.79 Å². The van der Waals surface area contributed by atoms with Crippen LogP contribution in [0.2, 0.25) is 10.0 Å². The van der Waals surface area contributed by atoms with Gasteiger partial charge < -0.3 is 5.73 Å². The van der Waals surface area contributed by atoms with E-state index in [2.05, 4.69) is 0 Å². The molecule has 1 aromatic rings. The van der Waals surface area contributed by atoms with Crippen molar-refractivity contribution in [3.8, 4) is 0 Å². The zero-order valence-corrected chi connectivity index (χ0v) is 9.43. The lowest BCUT2D eigenvalue weighted by atomic mass is 10.3. The van der Waals surface area contributed by atoms with Crippen LogP contribution in [0.1, 0.15) is 6.92 Å². The van der Waals surface area contributed by atoms with E-state index in [0.29, 0.717) is 0 Å². The van der Waals surface area contributed by atoms with E-state index in [4.69, 9.17) is 34.3 Å². The number of guanidine groups is 1. The fourth-order valence-electron chi connectivity index (χ4n) is 1.15. The second kappa shape index (κ2) is 4.51. The van der Waals surface area contributed by atoms with Crippen molar-refractivity contribution in [2.75, 3.05) is 4.90 Å². The van der Waals surface area contributed by atoms with Gasteiger partial charge in [0.1, 0.15) is 0 Å². The molecule has 6 heteroatoms. The topological polar surface area (TPSA) is 70.2 Å². The van der Waals surface area contributed by atoms with E-state index < -0.39 is 11.9 Å². The predicted octanol–water partition coefficient (Wildman–Crippen LogP) is 2.24. The number of nitrogens with two attached hydrogens (primary N) is 1. The van der Waals surface area contributed by atoms with Crippen LogP contribution < -0.4 is 10.6 Å². The second-order valence-corrected chi connectivity index (χ2v) is 3.62. The summed E-state index contributed by atoms with van der Waals surface area (Å²) < 4.78 is 0. The quantitative estimate of drug-likeness (QED) is 0.589. The normalized spacial score (nSPS) is 9.80. The highest BCUT2D eigenvalue weighted by Gasteiger charge is 2.20. The zero-order chi connectivity index (χ0) is 11.6. The average molecular weight is 246 g/mol. The van der Waals surface area contributed by atoms with Crippen molar-refractivity contribution in [3.63, 3.8) is 0 Å². The molecule has 0 radical (unpaired) electrons. The van der Waals surface area contributed by atoms with E-state index in [9.17, 15) is 4.79 Å². The summed E-state index contributed by atoms with van der Waals surface area (Å²) in [6.07, 6.45) is 0. The van der Waals surface area contributed by atoms with Gasteiger partial charge in [-0.15, -0.1) is 0 Å². The number of amides is 1. The highest BCUT2D eigenvalue weighted by atomic mass is 35.5. The highest BCUT2D eigenvalue weighted by molar-refractivity contribution is 6.41. The minimum absolute atomic E-state index is 0.237. The summed E-state index contributed by atoms with van der Waals surface area (Å²) in [5.74, 6) is -0.838. The molecule has 0 aliphatic rings. The maximum atomic E-state index is 11.3. The van der Waals surface area contributed by atoms with Gasteiger partial charge in [0.25, 0.3) is 0 Å². The van der Waals surface area contributed by atoms with E-state index >= 15 is 0 Å². The maximum absolute atomic E-state index is 11.3. The Morgan fingerprint density at radius 2 is 1.87 bits per heavy atom. The molecule has 1 aromatic carbocycles. The summed E-state index contributed by atoms with van der Waals surface area (Å²) in [7, 11) is 0. The molecule has 0 heterocycles. The second-order valence-electron chi connectivity index (χ2n) is 2.81. The molecule has 0 unspecified atom stereocenters. The molecule has 1 rings (SSSR count). The van der Waals surface area contributed by atoms with Gasteiger partial charge in [-0.1, -0.05) is 29.3 Å². The van der Waals surface area contributed by atoms with Crippen LogP contribution in [0.5, 0.6) is 0 Å². The number of anilines is 1. The van der Waals surface area contributed by atoms with E-state index in [1.54, 1.807) is 18.2 Å². The third kappa shape index (κ3) is 2.40. The zero-order valence-electron chi connectivity index (χ0n) is 7.92. The number of halogens is 2. The summed E-state index contributed by atoms with van der Waals surface area (Å²) >= 11 is 11.8. The number of carbonyl (C=O) groups is 1. The Bertz CT molecular complexity index is 386. The number of nitrogens with one attached hydrogen (secondary N) is 1. The van der Waals surface area contributed by atoms with Crippen LogP contribution in [-0.4, -0.2) is 11.9 Å². The Morgan fingerprint density at radius 3 is 2.20 bits per heavy atom. The van der Waals surface area contributed by atoms with Crippen LogP contribution in [0.15, 0.2) is 18.2 Å². The molecule has 0 fully saturated rings. The van der Waals surface area contributed by atoms with Gasteiger partial charge in [-0.05, 0) is 12.1 Å². The molecule has 0 bridgehead atoms. The number of nitrogens with zero attached hydrogens (tertiary/aromatic N) is 1. The first kappa shape index (κ1) is 11.8. The van der Waals surface area contributed by atoms with Crippen molar-refractivity contribution >= 4 is 40.8 Å². The molecule has 0 aromatic heterocycles. The van der Waals surface area contributed by atoms with Gasteiger partial charge in [-0.25, -0.2) is 4.90 Å². The molecule has 80 valence electrons. The van der Waals surface area contributed by atoms with Crippen LogP contribution in [0.3, 0.4) is 0 Å². The summed E-state index contributed by atoms with van der Waals surface area (Å²) in [5.41, 5.74) is 5.52. The molecule has 0 atom stereocenters. The number of carbonyl (C=O) groups excluding carboxylic acids is 1. The van der Waals surface area contributed by atoms with E-state index in [-0.39, 0.29) is 15.7 Å². The number of benzene rings is 1. The third-order valence-electron chi connectivity index (χ3n) is 1.72. The van der Waals surface area contributed by atoms with Gasteiger partial charge >= 0.3 is 0 Å². The number of hydrogen-bond donors (Lipinski definition) is 2. The first-order valence-electron chi connectivity index (χ1n) is 4.04. The maximum Gasteiger partial charge on any atom is 0.230 e. The Kier molecular flexibility index (Phi) is 3.55. The molecule has 1 amide bonds. The molecule has 0 aliphatic heterocycles. The molecular formula is C9H9Cl2N3O. The van der Waals surface area contributed by atoms with Crippen LogP contribution in [0, 0.1) is 5.41 Å². The summed E-state index contributed by atoms with van der Waals surface area (Å²) in [5, 5.41) is 7.82. The Hall–Kier alpha value is -1.26. The Morgan fingerprint density at radius 1 is 1.40 bits per heavy atom. The van der Waals surface area contributed by atoms with E-state index in [1.807, 2.05) is 0 Å². The summed E-state index contributed by atoms with van der Waals surface area (Å²) in [6.45, 7) is 1.28. The average Bonchev–Trinajstić information content (AvgIpc) is 2.09. The SMILES string of the molecule is CC(=O)N(C(=N)N)c1c(Cl)cccc1Cl. The smallest absolute Gasteiger partial charge is 0.230 e. The molecule has 0 spiro atoms. The summed E-state index contributed by atoms with van der Waals surface area (Å²) in [6, 6.07) is 4.79. The first-order valence-corrected chi connectivity index (χ1v) is 4.79. The largest absolute Gasteiger partial charge is 0.369 e. The number of rotatable bonds is 1. The van der Waals surface area contributed by atoms with Gasteiger partial charge in [0.15, 0.2) is 5.96 Å². The fraction of sp³-hybridized carbons (Fsp3) is 0.111. The molecular weight excluding hydrogens is 237 g/mol. The van der Waals surface area contributed by atoms with E-state index in [0.717, 1.165) is 4.90 Å². The monoisotopic (exact) mass is 245 g/mol. The van der Waals surface area contributed by atoms with Crippen molar-refractivity contribution in [1.29, 1.82) is 5.41 Å². The first-order chi connectivity index (χ1) is 6.95. The van der Waals surface area contributed by atoms with Crippen LogP contribution in [0.4, 0.5) is 5.69 Å². The third-order valence-corrected chi connectivity index (χ3v) is 2.33. The van der Waals surface area contributed by atoms with Gasteiger partial charge in [0.2, 0.25) is 5.91 Å². The molecule has 15 heavy (non-hydrogen) atoms. The van der Waals surface area contributed by atoms with E-state index in [1.165, 1.54) is 6.92 Å². The number of para-hydroxylation sites is 1. The minimum Gasteiger partial charge on any atom is -0.369 e. The van der Waals surface area contributed by atoms with Crippen molar-refractivity contribution in [1.82, 2.24) is 0 Å². The predicted molar refractivity (Wildman–Crippen MR) is 61.5 cm³/mol. The van der Waals surface area contributed by atoms with Crippen LogP contribution in [0.25, 0.3) is 0 Å². The lowest BCUT2D eigenvalue weighted by Crippen LogP contribution is -2.40. The van der Waals surface area contributed by atoms with Crippen molar-refractivity contribution in [3.05, 3.63) is 28.2 Å². The minimum atomic E-state index is -0.419. The summed E-state index contributed by atoms with van der Waals surface area (Å²) in [4.78, 5) is 12.2. The fourth-order valence-corrected chi connectivity index (χ4v) is 1.72. The van der Waals surface area contributed by atoms with Crippen molar-refractivity contribution in [2.45, 2.75) is 6.92 Å². The molecule has 0 aliphatic carbocycles. The van der Waals surface area contributed by atoms with Crippen molar-refractivity contribution in [2.24, 2.45) is 5.73 Å². The molecule has 0 saturated carbocycles. The Balaban J connectivity index is 3.35. The standard InChI is InChI=1S/C9H9Cl2N3O/c1-5(15)14(9(12)13)8-6(10)3-2-4-7(8)11/h2-4H,1H3,(H3,12,13). The van der Waals surface area contributed by atoms with Gasteiger partial charge in [0.05, 0.1) is 15.7 Å². The molecule has 4 nitrogen and oxygen atoms in total. The number of hydrogen-bond acceptors (Lipinski definition) is 2. The van der Waals surface area contributed by atoms with Gasteiger partial charge in [0, 0.05) is 6.92 Å². The highest BCUT2D eigenvalue weighted by Crippen LogP contribution is 2.33. The lowest BCUT2D eigenvalue weighted by molar-refractivity contribution is -0.115. The van der Waals surface area contributed by atoms with Gasteiger partial charge in [-0.2, -0.15) is 0 Å². The van der Waals surface area contributed by atoms with Crippen LogP contribution >= 0.6 is 23.2 Å². The molecule has 3 N–H and O–H groups in total. The van der Waals surface area contributed by atoms with Gasteiger partial charge in [-0.3, -0.25) is 10.2 Å².